The quantitative estimate of drug-likeness (QED) is 0.853. The van der Waals surface area contributed by atoms with Crippen molar-refractivity contribution in [3.8, 4) is 0 Å². The minimum absolute atomic E-state index is 0.208. The molecule has 0 aromatic carbocycles. The third-order valence-electron chi connectivity index (χ3n) is 3.15. The molecule has 4 nitrogen and oxygen atoms in total. The summed E-state index contributed by atoms with van der Waals surface area (Å²) in [5, 5.41) is 7.40. The summed E-state index contributed by atoms with van der Waals surface area (Å²) in [5.74, 6) is 2.41. The van der Waals surface area contributed by atoms with Gasteiger partial charge in [0.05, 0.1) is 0 Å². The molecule has 2 rings (SSSR count). The van der Waals surface area contributed by atoms with E-state index in [9.17, 15) is 0 Å². The summed E-state index contributed by atoms with van der Waals surface area (Å²) in [6.07, 6.45) is 4.38. The summed E-state index contributed by atoms with van der Waals surface area (Å²) in [6.45, 7) is 6.55. The SMILES string of the molecule is CNC(Cc1nc(CC(C)(C)C)no1)C1CC1. The third-order valence-corrected chi connectivity index (χ3v) is 3.15. The first kappa shape index (κ1) is 12.6. The number of aromatic nitrogens is 2. The topological polar surface area (TPSA) is 51.0 Å². The van der Waals surface area contributed by atoms with Crippen molar-refractivity contribution in [2.24, 2.45) is 11.3 Å². The molecule has 1 unspecified atom stereocenters. The summed E-state index contributed by atoms with van der Waals surface area (Å²) in [4.78, 5) is 4.48. The maximum absolute atomic E-state index is 5.32. The minimum atomic E-state index is 0.208. The molecule has 1 N–H and O–H groups in total. The maximum Gasteiger partial charge on any atom is 0.228 e. The van der Waals surface area contributed by atoms with Crippen LogP contribution in [0.1, 0.15) is 45.3 Å². The highest BCUT2D eigenvalue weighted by molar-refractivity contribution is 4.96. The van der Waals surface area contributed by atoms with Gasteiger partial charge in [-0.1, -0.05) is 25.9 Å². The monoisotopic (exact) mass is 237 g/mol. The lowest BCUT2D eigenvalue weighted by molar-refractivity contribution is 0.339. The molecule has 0 amide bonds. The van der Waals surface area contributed by atoms with Gasteiger partial charge in [-0.25, -0.2) is 0 Å². The first-order valence-corrected chi connectivity index (χ1v) is 6.46. The van der Waals surface area contributed by atoms with Gasteiger partial charge in [-0.2, -0.15) is 4.98 Å². The summed E-state index contributed by atoms with van der Waals surface area (Å²) >= 11 is 0. The zero-order chi connectivity index (χ0) is 12.5. The molecule has 0 radical (unpaired) electrons. The molecule has 1 aliphatic carbocycles. The zero-order valence-electron chi connectivity index (χ0n) is 11.3. The van der Waals surface area contributed by atoms with Crippen molar-refractivity contribution in [2.75, 3.05) is 7.05 Å². The number of hydrogen-bond acceptors (Lipinski definition) is 4. The van der Waals surface area contributed by atoms with Crippen LogP contribution in [0.3, 0.4) is 0 Å². The predicted octanol–water partition coefficient (Wildman–Crippen LogP) is 2.20. The smallest absolute Gasteiger partial charge is 0.228 e. The van der Waals surface area contributed by atoms with Crippen molar-refractivity contribution in [1.29, 1.82) is 0 Å². The van der Waals surface area contributed by atoms with Crippen molar-refractivity contribution in [2.45, 2.75) is 52.5 Å². The fraction of sp³-hybridized carbons (Fsp3) is 0.846. The predicted molar refractivity (Wildman–Crippen MR) is 66.7 cm³/mol. The lowest BCUT2D eigenvalue weighted by Gasteiger charge is -2.14. The first-order valence-electron chi connectivity index (χ1n) is 6.46. The van der Waals surface area contributed by atoms with E-state index in [0.717, 1.165) is 30.5 Å². The van der Waals surface area contributed by atoms with Gasteiger partial charge in [0.1, 0.15) is 0 Å². The van der Waals surface area contributed by atoms with Crippen LogP contribution in [-0.4, -0.2) is 23.2 Å². The van der Waals surface area contributed by atoms with E-state index < -0.39 is 0 Å². The normalized spacial score (nSPS) is 18.4. The molecule has 1 aliphatic rings. The standard InChI is InChI=1S/C13H23N3O/c1-13(2,3)8-11-15-12(17-16-11)7-10(14-4)9-5-6-9/h9-10,14H,5-8H2,1-4H3. The lowest BCUT2D eigenvalue weighted by atomic mass is 9.92. The van der Waals surface area contributed by atoms with Crippen LogP contribution in [0.5, 0.6) is 0 Å². The van der Waals surface area contributed by atoms with Crippen LogP contribution in [-0.2, 0) is 12.8 Å². The Morgan fingerprint density at radius 1 is 1.41 bits per heavy atom. The van der Waals surface area contributed by atoms with Gasteiger partial charge in [0.2, 0.25) is 5.89 Å². The van der Waals surface area contributed by atoms with Crippen LogP contribution in [0.25, 0.3) is 0 Å². The molecule has 0 aliphatic heterocycles. The highest BCUT2D eigenvalue weighted by Gasteiger charge is 2.31. The Hall–Kier alpha value is -0.900. The first-order chi connectivity index (χ1) is 7.98. The van der Waals surface area contributed by atoms with E-state index >= 15 is 0 Å². The molecule has 1 aromatic rings. The molecule has 1 atom stereocenters. The van der Waals surface area contributed by atoms with E-state index in [2.05, 4.69) is 36.2 Å². The van der Waals surface area contributed by atoms with Crippen molar-refractivity contribution >= 4 is 0 Å². The Balaban J connectivity index is 1.93. The van der Waals surface area contributed by atoms with Gasteiger partial charge in [0.15, 0.2) is 5.82 Å². The van der Waals surface area contributed by atoms with Gasteiger partial charge in [-0.3, -0.25) is 0 Å². The second-order valence-corrected chi connectivity index (χ2v) is 6.28. The molecular formula is C13H23N3O. The van der Waals surface area contributed by atoms with E-state index in [1.54, 1.807) is 0 Å². The Labute approximate surface area is 103 Å². The Morgan fingerprint density at radius 3 is 2.65 bits per heavy atom. The van der Waals surface area contributed by atoms with Crippen molar-refractivity contribution in [3.05, 3.63) is 11.7 Å². The molecular weight excluding hydrogens is 214 g/mol. The van der Waals surface area contributed by atoms with Gasteiger partial charge in [0.25, 0.3) is 0 Å². The molecule has 1 aromatic heterocycles. The van der Waals surface area contributed by atoms with Gasteiger partial charge in [-0.05, 0) is 31.2 Å². The third kappa shape index (κ3) is 3.80. The van der Waals surface area contributed by atoms with E-state index in [1.807, 2.05) is 7.05 Å². The number of nitrogens with one attached hydrogen (secondary N) is 1. The second kappa shape index (κ2) is 4.77. The number of likely N-dealkylation sites (N-methyl/N-ethyl adjacent to an activating group) is 1. The van der Waals surface area contributed by atoms with Gasteiger partial charge in [0, 0.05) is 18.9 Å². The van der Waals surface area contributed by atoms with Gasteiger partial charge in [-0.15, -0.1) is 0 Å². The summed E-state index contributed by atoms with van der Waals surface area (Å²) in [5.41, 5.74) is 0.208. The summed E-state index contributed by atoms with van der Waals surface area (Å²) in [7, 11) is 2.01. The Kier molecular flexibility index (Phi) is 3.52. The van der Waals surface area contributed by atoms with Gasteiger partial charge >= 0.3 is 0 Å². The van der Waals surface area contributed by atoms with E-state index in [1.165, 1.54) is 12.8 Å². The second-order valence-electron chi connectivity index (χ2n) is 6.28. The molecule has 17 heavy (non-hydrogen) atoms. The maximum atomic E-state index is 5.32. The summed E-state index contributed by atoms with van der Waals surface area (Å²) < 4.78 is 5.32. The molecule has 1 heterocycles. The van der Waals surface area contributed by atoms with Crippen molar-refractivity contribution in [1.82, 2.24) is 15.5 Å². The van der Waals surface area contributed by atoms with Gasteiger partial charge < -0.3 is 9.84 Å². The van der Waals surface area contributed by atoms with E-state index in [0.29, 0.717) is 6.04 Å². The van der Waals surface area contributed by atoms with E-state index in [4.69, 9.17) is 4.52 Å². The van der Waals surface area contributed by atoms with Crippen LogP contribution >= 0.6 is 0 Å². The molecule has 1 saturated carbocycles. The fourth-order valence-electron chi connectivity index (χ4n) is 2.11. The number of hydrogen-bond donors (Lipinski definition) is 1. The number of rotatable bonds is 5. The average molecular weight is 237 g/mol. The molecule has 4 heteroatoms. The largest absolute Gasteiger partial charge is 0.339 e. The minimum Gasteiger partial charge on any atom is -0.339 e. The highest BCUT2D eigenvalue weighted by atomic mass is 16.5. The Bertz CT molecular complexity index is 363. The lowest BCUT2D eigenvalue weighted by Crippen LogP contribution is -2.29. The molecule has 1 fully saturated rings. The van der Waals surface area contributed by atoms with Crippen LogP contribution in [0.2, 0.25) is 0 Å². The van der Waals surface area contributed by atoms with Crippen LogP contribution in [0, 0.1) is 11.3 Å². The van der Waals surface area contributed by atoms with Crippen molar-refractivity contribution in [3.63, 3.8) is 0 Å². The highest BCUT2D eigenvalue weighted by Crippen LogP contribution is 2.33. The van der Waals surface area contributed by atoms with Crippen LogP contribution in [0.15, 0.2) is 4.52 Å². The molecule has 0 saturated heterocycles. The molecule has 96 valence electrons. The Morgan fingerprint density at radius 2 is 2.12 bits per heavy atom. The van der Waals surface area contributed by atoms with Crippen LogP contribution in [0.4, 0.5) is 0 Å². The molecule has 0 bridgehead atoms. The average Bonchev–Trinajstić information content (AvgIpc) is 2.96. The van der Waals surface area contributed by atoms with Crippen LogP contribution < -0.4 is 5.32 Å². The fourth-order valence-corrected chi connectivity index (χ4v) is 2.11. The molecule has 0 spiro atoms. The van der Waals surface area contributed by atoms with Crippen molar-refractivity contribution < 1.29 is 4.52 Å². The van der Waals surface area contributed by atoms with E-state index in [-0.39, 0.29) is 5.41 Å². The zero-order valence-corrected chi connectivity index (χ0v) is 11.3. The number of nitrogens with zero attached hydrogens (tertiary/aromatic N) is 2. The summed E-state index contributed by atoms with van der Waals surface area (Å²) in [6, 6.07) is 0.498.